The molecule has 2 rings (SSSR count). The topological polar surface area (TPSA) is 53.7 Å². The highest BCUT2D eigenvalue weighted by Crippen LogP contribution is 2.36. The van der Waals surface area contributed by atoms with Gasteiger partial charge in [0.25, 0.3) is 0 Å². The molecule has 2 aromatic rings. The maximum absolute atomic E-state index is 5.69. The summed E-state index contributed by atoms with van der Waals surface area (Å²) in [5.74, 6) is 2.30. The minimum atomic E-state index is 0.561. The number of ether oxygens (including phenoxy) is 3. The number of hydrogen-bond acceptors (Lipinski definition) is 4. The maximum atomic E-state index is 5.69. The van der Waals surface area contributed by atoms with Crippen LogP contribution in [-0.4, -0.2) is 27.9 Å². The molecule has 2 aromatic carbocycles. The van der Waals surface area contributed by atoms with Crippen molar-refractivity contribution in [2.24, 2.45) is 5.73 Å². The first kappa shape index (κ1) is 15.2. The molecule has 0 radical (unpaired) electrons. The zero-order chi connectivity index (χ0) is 15.2. The van der Waals surface area contributed by atoms with Gasteiger partial charge in [0.05, 0.1) is 21.3 Å². The Kier molecular flexibility index (Phi) is 5.06. The van der Waals surface area contributed by atoms with Crippen LogP contribution in [0.3, 0.4) is 0 Å². The number of methoxy groups -OCH3 is 3. The van der Waals surface area contributed by atoms with Crippen molar-refractivity contribution in [2.75, 3.05) is 27.9 Å². The standard InChI is InChI=1S/C17H21NO3/c1-19-15-6-4-12(5-7-15)14-10-13(8-9-18)17(21-3)16(11-14)20-2/h4-7,10-11H,8-9,18H2,1-3H3. The molecule has 4 heteroatoms. The largest absolute Gasteiger partial charge is 0.497 e. The molecule has 2 N–H and O–H groups in total. The average Bonchev–Trinajstić information content (AvgIpc) is 2.54. The van der Waals surface area contributed by atoms with Crippen molar-refractivity contribution in [3.63, 3.8) is 0 Å². The van der Waals surface area contributed by atoms with Crippen LogP contribution in [0.1, 0.15) is 5.56 Å². The van der Waals surface area contributed by atoms with E-state index < -0.39 is 0 Å². The highest BCUT2D eigenvalue weighted by molar-refractivity contribution is 5.69. The fourth-order valence-electron chi connectivity index (χ4n) is 2.33. The van der Waals surface area contributed by atoms with Gasteiger partial charge >= 0.3 is 0 Å². The molecule has 21 heavy (non-hydrogen) atoms. The van der Waals surface area contributed by atoms with Crippen molar-refractivity contribution >= 4 is 0 Å². The number of benzene rings is 2. The number of hydrogen-bond donors (Lipinski definition) is 1. The molecule has 0 heterocycles. The Morgan fingerprint density at radius 3 is 2.10 bits per heavy atom. The van der Waals surface area contributed by atoms with Gasteiger partial charge in [-0.15, -0.1) is 0 Å². The Balaban J connectivity index is 2.49. The van der Waals surface area contributed by atoms with E-state index in [0.717, 1.165) is 34.6 Å². The van der Waals surface area contributed by atoms with Crippen molar-refractivity contribution in [3.8, 4) is 28.4 Å². The second-order valence-electron chi connectivity index (χ2n) is 4.64. The quantitative estimate of drug-likeness (QED) is 0.887. The maximum Gasteiger partial charge on any atom is 0.163 e. The zero-order valence-corrected chi connectivity index (χ0v) is 12.7. The van der Waals surface area contributed by atoms with Gasteiger partial charge in [0.15, 0.2) is 11.5 Å². The third-order valence-electron chi connectivity index (χ3n) is 3.39. The lowest BCUT2D eigenvalue weighted by Crippen LogP contribution is -2.05. The van der Waals surface area contributed by atoms with Crippen LogP contribution in [0.25, 0.3) is 11.1 Å². The van der Waals surface area contributed by atoms with Crippen LogP contribution in [0.2, 0.25) is 0 Å². The number of nitrogens with two attached hydrogens (primary N) is 1. The number of rotatable bonds is 6. The third-order valence-corrected chi connectivity index (χ3v) is 3.39. The summed E-state index contributed by atoms with van der Waals surface area (Å²) in [4.78, 5) is 0. The highest BCUT2D eigenvalue weighted by Gasteiger charge is 2.13. The van der Waals surface area contributed by atoms with Crippen LogP contribution in [0, 0.1) is 0 Å². The molecule has 0 bridgehead atoms. The SMILES string of the molecule is COc1ccc(-c2cc(CCN)c(OC)c(OC)c2)cc1. The molecule has 0 aliphatic heterocycles. The fraction of sp³-hybridized carbons (Fsp3) is 0.294. The smallest absolute Gasteiger partial charge is 0.163 e. The minimum absolute atomic E-state index is 0.561. The second-order valence-corrected chi connectivity index (χ2v) is 4.64. The molecule has 0 amide bonds. The van der Waals surface area contributed by atoms with E-state index >= 15 is 0 Å². The van der Waals surface area contributed by atoms with Gasteiger partial charge in [-0.3, -0.25) is 0 Å². The molecule has 0 aliphatic carbocycles. The summed E-state index contributed by atoms with van der Waals surface area (Å²) in [7, 11) is 4.94. The van der Waals surface area contributed by atoms with Crippen molar-refractivity contribution in [3.05, 3.63) is 42.0 Å². The van der Waals surface area contributed by atoms with E-state index in [-0.39, 0.29) is 0 Å². The first-order chi connectivity index (χ1) is 10.2. The van der Waals surface area contributed by atoms with Crippen LogP contribution in [0.5, 0.6) is 17.2 Å². The van der Waals surface area contributed by atoms with E-state index in [1.165, 1.54) is 0 Å². The summed E-state index contributed by atoms with van der Waals surface area (Å²) < 4.78 is 16.1. The Morgan fingerprint density at radius 1 is 0.857 bits per heavy atom. The molecule has 0 saturated heterocycles. The molecule has 0 fully saturated rings. The van der Waals surface area contributed by atoms with Gasteiger partial charge in [0.1, 0.15) is 5.75 Å². The molecular formula is C17H21NO3. The third kappa shape index (κ3) is 3.28. The zero-order valence-electron chi connectivity index (χ0n) is 12.7. The second kappa shape index (κ2) is 6.99. The lowest BCUT2D eigenvalue weighted by Gasteiger charge is -2.15. The van der Waals surface area contributed by atoms with Crippen molar-refractivity contribution in [2.45, 2.75) is 6.42 Å². The Morgan fingerprint density at radius 2 is 1.57 bits per heavy atom. The van der Waals surface area contributed by atoms with Gasteiger partial charge < -0.3 is 19.9 Å². The van der Waals surface area contributed by atoms with E-state index in [4.69, 9.17) is 19.9 Å². The predicted molar refractivity (Wildman–Crippen MR) is 84.3 cm³/mol. The van der Waals surface area contributed by atoms with E-state index in [9.17, 15) is 0 Å². The molecule has 0 saturated carbocycles. The van der Waals surface area contributed by atoms with Gasteiger partial charge in [-0.1, -0.05) is 12.1 Å². The molecule has 4 nitrogen and oxygen atoms in total. The summed E-state index contributed by atoms with van der Waals surface area (Å²) in [6.07, 6.45) is 0.740. The van der Waals surface area contributed by atoms with Crippen molar-refractivity contribution < 1.29 is 14.2 Å². The summed E-state index contributed by atoms with van der Waals surface area (Å²) in [6.45, 7) is 0.561. The fourth-order valence-corrected chi connectivity index (χ4v) is 2.33. The van der Waals surface area contributed by atoms with Crippen LogP contribution < -0.4 is 19.9 Å². The minimum Gasteiger partial charge on any atom is -0.497 e. The van der Waals surface area contributed by atoms with Gasteiger partial charge in [-0.05, 0) is 53.9 Å². The molecule has 0 atom stereocenters. The highest BCUT2D eigenvalue weighted by atomic mass is 16.5. The summed E-state index contributed by atoms with van der Waals surface area (Å²) in [6, 6.07) is 12.0. The van der Waals surface area contributed by atoms with Crippen LogP contribution in [-0.2, 0) is 6.42 Å². The molecule has 0 unspecified atom stereocenters. The Labute approximate surface area is 125 Å². The van der Waals surface area contributed by atoms with Crippen molar-refractivity contribution in [1.29, 1.82) is 0 Å². The summed E-state index contributed by atoms with van der Waals surface area (Å²) in [5.41, 5.74) is 8.90. The van der Waals surface area contributed by atoms with Gasteiger partial charge in [-0.25, -0.2) is 0 Å². The molecule has 0 spiro atoms. The first-order valence-corrected chi connectivity index (χ1v) is 6.82. The monoisotopic (exact) mass is 287 g/mol. The predicted octanol–water partition coefficient (Wildman–Crippen LogP) is 2.88. The van der Waals surface area contributed by atoms with Gasteiger partial charge in [-0.2, -0.15) is 0 Å². The first-order valence-electron chi connectivity index (χ1n) is 6.82. The van der Waals surface area contributed by atoms with Crippen LogP contribution in [0.4, 0.5) is 0 Å². The normalized spacial score (nSPS) is 10.3. The van der Waals surface area contributed by atoms with E-state index in [2.05, 4.69) is 6.07 Å². The van der Waals surface area contributed by atoms with Crippen LogP contribution >= 0.6 is 0 Å². The summed E-state index contributed by atoms with van der Waals surface area (Å²) >= 11 is 0. The molecular weight excluding hydrogens is 266 g/mol. The van der Waals surface area contributed by atoms with E-state index in [1.807, 2.05) is 30.3 Å². The Bertz CT molecular complexity index is 594. The lowest BCUT2D eigenvalue weighted by atomic mass is 10.00. The molecule has 112 valence electrons. The van der Waals surface area contributed by atoms with E-state index in [0.29, 0.717) is 12.3 Å². The van der Waals surface area contributed by atoms with Crippen LogP contribution in [0.15, 0.2) is 36.4 Å². The molecule has 0 aliphatic rings. The lowest BCUT2D eigenvalue weighted by molar-refractivity contribution is 0.352. The summed E-state index contributed by atoms with van der Waals surface area (Å²) in [5, 5.41) is 0. The van der Waals surface area contributed by atoms with Crippen molar-refractivity contribution in [1.82, 2.24) is 0 Å². The van der Waals surface area contributed by atoms with E-state index in [1.54, 1.807) is 21.3 Å². The Hall–Kier alpha value is -2.20. The van der Waals surface area contributed by atoms with Gasteiger partial charge in [0, 0.05) is 0 Å². The molecule has 0 aromatic heterocycles. The van der Waals surface area contributed by atoms with Gasteiger partial charge in [0.2, 0.25) is 0 Å². The average molecular weight is 287 g/mol.